The van der Waals surface area contributed by atoms with Gasteiger partial charge in [-0.25, -0.2) is 4.79 Å². The third-order valence-electron chi connectivity index (χ3n) is 2.34. The highest BCUT2D eigenvalue weighted by molar-refractivity contribution is 5.98. The number of benzene rings is 1. The average molecular weight is 261 g/mol. The number of ether oxygens (including phenoxy) is 3. The van der Waals surface area contributed by atoms with Crippen molar-refractivity contribution in [1.29, 1.82) is 5.26 Å². The first-order chi connectivity index (χ1) is 9.17. The molecular weight excluding hydrogens is 246 g/mol. The highest BCUT2D eigenvalue weighted by atomic mass is 16.5. The number of rotatable bonds is 5. The second kappa shape index (κ2) is 7.07. The van der Waals surface area contributed by atoms with Crippen molar-refractivity contribution in [3.05, 3.63) is 29.3 Å². The molecule has 1 rings (SSSR count). The van der Waals surface area contributed by atoms with Gasteiger partial charge in [-0.3, -0.25) is 0 Å². The Morgan fingerprint density at radius 1 is 1.42 bits per heavy atom. The van der Waals surface area contributed by atoms with Gasteiger partial charge in [0.25, 0.3) is 0 Å². The Morgan fingerprint density at radius 3 is 2.68 bits per heavy atom. The van der Waals surface area contributed by atoms with Crippen LogP contribution in [0.2, 0.25) is 0 Å². The Hall–Kier alpha value is -2.48. The summed E-state index contributed by atoms with van der Waals surface area (Å²) in [5.74, 6) is 0.342. The highest BCUT2D eigenvalue weighted by Gasteiger charge is 2.13. The number of nitriles is 1. The third kappa shape index (κ3) is 3.49. The fourth-order valence-corrected chi connectivity index (χ4v) is 1.51. The lowest BCUT2D eigenvalue weighted by Gasteiger charge is -2.12. The number of nitrogens with zero attached hydrogens (tertiary/aromatic N) is 1. The van der Waals surface area contributed by atoms with Crippen molar-refractivity contribution < 1.29 is 19.0 Å². The monoisotopic (exact) mass is 261 g/mol. The van der Waals surface area contributed by atoms with E-state index in [4.69, 9.17) is 14.7 Å². The summed E-state index contributed by atoms with van der Waals surface area (Å²) >= 11 is 0. The molecule has 0 fully saturated rings. The molecule has 100 valence electrons. The summed E-state index contributed by atoms with van der Waals surface area (Å²) in [4.78, 5) is 11.4. The summed E-state index contributed by atoms with van der Waals surface area (Å²) in [6.45, 7) is 2.28. The summed E-state index contributed by atoms with van der Waals surface area (Å²) in [5, 5.41) is 8.94. The minimum absolute atomic E-state index is 0.100. The Bertz CT molecular complexity index is 529. The molecule has 0 aliphatic carbocycles. The van der Waals surface area contributed by atoms with E-state index in [0.29, 0.717) is 23.7 Å². The molecule has 0 bridgehead atoms. The molecule has 19 heavy (non-hydrogen) atoms. The average Bonchev–Trinajstić information content (AvgIpc) is 2.45. The van der Waals surface area contributed by atoms with Gasteiger partial charge < -0.3 is 14.2 Å². The van der Waals surface area contributed by atoms with Gasteiger partial charge in [0.15, 0.2) is 11.5 Å². The van der Waals surface area contributed by atoms with Gasteiger partial charge in [-0.05, 0) is 19.1 Å². The van der Waals surface area contributed by atoms with E-state index in [1.807, 2.05) is 6.92 Å². The minimum atomic E-state index is -0.687. The molecule has 1 aromatic carbocycles. The third-order valence-corrected chi connectivity index (χ3v) is 2.34. The summed E-state index contributed by atoms with van der Waals surface area (Å²) in [7, 11) is 2.75. The molecule has 0 saturated carbocycles. The second-order valence-corrected chi connectivity index (χ2v) is 3.47. The highest BCUT2D eigenvalue weighted by Crippen LogP contribution is 2.32. The van der Waals surface area contributed by atoms with Gasteiger partial charge in [-0.2, -0.15) is 5.26 Å². The van der Waals surface area contributed by atoms with Gasteiger partial charge in [0, 0.05) is 5.56 Å². The van der Waals surface area contributed by atoms with Crippen molar-refractivity contribution in [2.45, 2.75) is 6.92 Å². The van der Waals surface area contributed by atoms with Gasteiger partial charge >= 0.3 is 5.97 Å². The lowest BCUT2D eigenvalue weighted by atomic mass is 10.1. The minimum Gasteiger partial charge on any atom is -0.493 e. The fraction of sp³-hybridized carbons (Fsp3) is 0.286. The number of methoxy groups -OCH3 is 2. The number of para-hydroxylation sites is 1. The van der Waals surface area contributed by atoms with Crippen LogP contribution in [0.15, 0.2) is 23.8 Å². The zero-order valence-corrected chi connectivity index (χ0v) is 11.1. The molecule has 0 aliphatic heterocycles. The van der Waals surface area contributed by atoms with E-state index in [0.717, 1.165) is 0 Å². The number of esters is 1. The van der Waals surface area contributed by atoms with Crippen LogP contribution in [0, 0.1) is 11.3 Å². The van der Waals surface area contributed by atoms with Gasteiger partial charge in [0.05, 0.1) is 20.8 Å². The Morgan fingerprint density at radius 2 is 2.16 bits per heavy atom. The van der Waals surface area contributed by atoms with E-state index in [1.165, 1.54) is 20.3 Å². The number of hydrogen-bond acceptors (Lipinski definition) is 5. The van der Waals surface area contributed by atoms with E-state index in [-0.39, 0.29) is 5.57 Å². The molecule has 0 atom stereocenters. The van der Waals surface area contributed by atoms with Crippen molar-refractivity contribution in [1.82, 2.24) is 0 Å². The zero-order chi connectivity index (χ0) is 14.3. The summed E-state index contributed by atoms with van der Waals surface area (Å²) in [5.41, 5.74) is 0.486. The number of carbonyl (C=O) groups excluding carboxylic acids is 1. The zero-order valence-electron chi connectivity index (χ0n) is 11.1. The maximum atomic E-state index is 11.4. The molecular formula is C14H15NO4. The van der Waals surface area contributed by atoms with Crippen LogP contribution in [-0.4, -0.2) is 26.8 Å². The van der Waals surface area contributed by atoms with E-state index in [9.17, 15) is 4.79 Å². The lowest BCUT2D eigenvalue weighted by molar-refractivity contribution is -0.135. The first kappa shape index (κ1) is 14.6. The Labute approximate surface area is 112 Å². The Kier molecular flexibility index (Phi) is 5.42. The van der Waals surface area contributed by atoms with E-state index < -0.39 is 5.97 Å². The molecule has 0 radical (unpaired) electrons. The summed E-state index contributed by atoms with van der Waals surface area (Å²) < 4.78 is 15.2. The van der Waals surface area contributed by atoms with Crippen LogP contribution in [0.1, 0.15) is 12.5 Å². The van der Waals surface area contributed by atoms with Crippen LogP contribution in [-0.2, 0) is 9.53 Å². The normalized spacial score (nSPS) is 10.5. The van der Waals surface area contributed by atoms with Gasteiger partial charge in [0.2, 0.25) is 0 Å². The smallest absolute Gasteiger partial charge is 0.348 e. The van der Waals surface area contributed by atoms with Crippen LogP contribution in [0.3, 0.4) is 0 Å². The molecule has 0 spiro atoms. The summed E-state index contributed by atoms with van der Waals surface area (Å²) in [6, 6.07) is 7.02. The predicted molar refractivity (Wildman–Crippen MR) is 69.8 cm³/mol. The first-order valence-corrected chi connectivity index (χ1v) is 5.67. The molecule has 0 unspecified atom stereocenters. The molecule has 0 aliphatic rings. The van der Waals surface area contributed by atoms with Crippen LogP contribution in [0.25, 0.3) is 6.08 Å². The van der Waals surface area contributed by atoms with Gasteiger partial charge in [0.1, 0.15) is 11.6 Å². The van der Waals surface area contributed by atoms with Crippen LogP contribution in [0.5, 0.6) is 11.5 Å². The standard InChI is InChI=1S/C14H15NO4/c1-4-19-13-10(6-5-7-12(13)17-2)8-11(9-15)14(16)18-3/h5-8H,4H2,1-3H3. The topological polar surface area (TPSA) is 68.5 Å². The molecule has 0 amide bonds. The molecule has 1 aromatic rings. The molecule has 0 aromatic heterocycles. The Balaban J connectivity index is 3.30. The van der Waals surface area contributed by atoms with Gasteiger partial charge in [-0.15, -0.1) is 0 Å². The second-order valence-electron chi connectivity index (χ2n) is 3.47. The van der Waals surface area contributed by atoms with E-state index in [2.05, 4.69) is 4.74 Å². The van der Waals surface area contributed by atoms with Crippen molar-refractivity contribution >= 4 is 12.0 Å². The van der Waals surface area contributed by atoms with Crippen LogP contribution in [0.4, 0.5) is 0 Å². The molecule has 0 saturated heterocycles. The van der Waals surface area contributed by atoms with E-state index >= 15 is 0 Å². The van der Waals surface area contributed by atoms with Crippen molar-refractivity contribution in [3.8, 4) is 17.6 Å². The maximum absolute atomic E-state index is 11.4. The number of hydrogen-bond donors (Lipinski definition) is 0. The molecule has 5 heteroatoms. The SMILES string of the molecule is CCOc1c(C=C(C#N)C(=O)OC)cccc1OC. The lowest BCUT2D eigenvalue weighted by Crippen LogP contribution is -2.03. The molecule has 0 heterocycles. The molecule has 0 N–H and O–H groups in total. The van der Waals surface area contributed by atoms with Crippen LogP contribution < -0.4 is 9.47 Å². The quantitative estimate of drug-likeness (QED) is 0.461. The number of carbonyl (C=O) groups is 1. The first-order valence-electron chi connectivity index (χ1n) is 5.67. The van der Waals surface area contributed by atoms with Crippen LogP contribution >= 0.6 is 0 Å². The predicted octanol–water partition coefficient (Wildman–Crippen LogP) is 2.17. The summed E-state index contributed by atoms with van der Waals surface area (Å²) in [6.07, 6.45) is 1.42. The van der Waals surface area contributed by atoms with Gasteiger partial charge in [-0.1, -0.05) is 12.1 Å². The van der Waals surface area contributed by atoms with E-state index in [1.54, 1.807) is 24.3 Å². The van der Waals surface area contributed by atoms with Crippen molar-refractivity contribution in [2.24, 2.45) is 0 Å². The van der Waals surface area contributed by atoms with Crippen molar-refractivity contribution in [3.63, 3.8) is 0 Å². The largest absolute Gasteiger partial charge is 0.493 e. The van der Waals surface area contributed by atoms with Crippen molar-refractivity contribution in [2.75, 3.05) is 20.8 Å². The fourth-order valence-electron chi connectivity index (χ4n) is 1.51. The molecule has 5 nitrogen and oxygen atoms in total. The maximum Gasteiger partial charge on any atom is 0.348 e.